The van der Waals surface area contributed by atoms with Crippen molar-refractivity contribution in [2.45, 2.75) is 37.3 Å². The van der Waals surface area contributed by atoms with Gasteiger partial charge in [0.2, 0.25) is 0 Å². The molecule has 4 fully saturated rings. The second-order valence-corrected chi connectivity index (χ2v) is 8.15. The molecule has 0 aromatic rings. The molecule has 4 aliphatic heterocycles. The molecule has 3 atom stereocenters. The van der Waals surface area contributed by atoms with Gasteiger partial charge in [0.1, 0.15) is 0 Å². The Balaban J connectivity index is 1.41. The molecule has 108 valence electrons. The molecule has 0 aliphatic carbocycles. The van der Waals surface area contributed by atoms with Crippen LogP contribution in [0.3, 0.4) is 0 Å². The second-order valence-electron chi connectivity index (χ2n) is 6.92. The maximum absolute atomic E-state index is 6.24. The highest BCUT2D eigenvalue weighted by Gasteiger charge is 2.44. The minimum absolute atomic E-state index is 0.254. The predicted molar refractivity (Wildman–Crippen MR) is 79.7 cm³/mol. The molecule has 4 rings (SSSR count). The molecule has 0 amide bonds. The first-order valence-electron chi connectivity index (χ1n) is 8.01. The van der Waals surface area contributed by atoms with E-state index in [2.05, 4.69) is 22.0 Å². The van der Waals surface area contributed by atoms with Gasteiger partial charge < -0.3 is 10.1 Å². The highest BCUT2D eigenvalue weighted by Crippen LogP contribution is 2.40. The molecule has 4 saturated heterocycles. The van der Waals surface area contributed by atoms with E-state index >= 15 is 0 Å². The summed E-state index contributed by atoms with van der Waals surface area (Å²) >= 11 is 2.11. The monoisotopic (exact) mass is 282 g/mol. The number of rotatable bonds is 1. The number of nitrogens with one attached hydrogen (secondary N) is 1. The average Bonchev–Trinajstić information content (AvgIpc) is 3.00. The summed E-state index contributed by atoms with van der Waals surface area (Å²) in [4.78, 5) is 2.81. The van der Waals surface area contributed by atoms with Gasteiger partial charge in [-0.2, -0.15) is 11.8 Å². The van der Waals surface area contributed by atoms with Crippen LogP contribution in [0.2, 0.25) is 0 Å². The molecule has 0 aromatic carbocycles. The van der Waals surface area contributed by atoms with Crippen LogP contribution in [0, 0.1) is 11.8 Å². The molecular formula is C15H26N2OS. The van der Waals surface area contributed by atoms with Crippen molar-refractivity contribution >= 4 is 11.8 Å². The van der Waals surface area contributed by atoms with Crippen LogP contribution in [0.5, 0.6) is 0 Å². The van der Waals surface area contributed by atoms with Crippen molar-refractivity contribution in [2.75, 3.05) is 44.3 Å². The van der Waals surface area contributed by atoms with E-state index in [1.165, 1.54) is 63.4 Å². The molecule has 1 spiro atoms. The number of likely N-dealkylation sites (tertiary alicyclic amines) is 1. The molecule has 4 aliphatic rings. The lowest BCUT2D eigenvalue weighted by atomic mass is 9.85. The SMILES string of the molecule is C1CC(N2CC3CNCC3C2)CC2(CCSCC2)O1. The van der Waals surface area contributed by atoms with Crippen LogP contribution in [0.15, 0.2) is 0 Å². The number of hydrogen-bond acceptors (Lipinski definition) is 4. The van der Waals surface area contributed by atoms with E-state index in [0.717, 1.165) is 24.5 Å². The fourth-order valence-corrected chi connectivity index (χ4v) is 5.83. The summed E-state index contributed by atoms with van der Waals surface area (Å²) < 4.78 is 6.24. The molecule has 0 saturated carbocycles. The molecule has 0 radical (unpaired) electrons. The molecular weight excluding hydrogens is 256 g/mol. The first-order chi connectivity index (χ1) is 9.35. The van der Waals surface area contributed by atoms with Crippen LogP contribution >= 0.6 is 11.8 Å². The normalized spacial score (nSPS) is 42.6. The number of hydrogen-bond donors (Lipinski definition) is 1. The van der Waals surface area contributed by atoms with Crippen molar-refractivity contribution in [1.82, 2.24) is 10.2 Å². The Labute approximate surface area is 120 Å². The molecule has 4 heterocycles. The first kappa shape index (κ1) is 12.9. The molecule has 3 unspecified atom stereocenters. The van der Waals surface area contributed by atoms with Crippen molar-refractivity contribution in [1.29, 1.82) is 0 Å². The van der Waals surface area contributed by atoms with E-state index in [1.54, 1.807) is 0 Å². The third kappa shape index (κ3) is 2.45. The van der Waals surface area contributed by atoms with Gasteiger partial charge in [0, 0.05) is 25.7 Å². The van der Waals surface area contributed by atoms with Crippen molar-refractivity contribution in [2.24, 2.45) is 11.8 Å². The quantitative estimate of drug-likeness (QED) is 0.789. The largest absolute Gasteiger partial charge is 0.375 e. The van der Waals surface area contributed by atoms with Crippen molar-refractivity contribution in [3.63, 3.8) is 0 Å². The lowest BCUT2D eigenvalue weighted by Crippen LogP contribution is -2.50. The Kier molecular flexibility index (Phi) is 3.55. The van der Waals surface area contributed by atoms with Crippen LogP contribution in [-0.2, 0) is 4.74 Å². The molecule has 3 nitrogen and oxygen atoms in total. The van der Waals surface area contributed by atoms with E-state index < -0.39 is 0 Å². The van der Waals surface area contributed by atoms with Gasteiger partial charge >= 0.3 is 0 Å². The zero-order valence-electron chi connectivity index (χ0n) is 11.8. The van der Waals surface area contributed by atoms with Crippen LogP contribution < -0.4 is 5.32 Å². The lowest BCUT2D eigenvalue weighted by Gasteiger charge is -2.45. The summed E-state index contributed by atoms with van der Waals surface area (Å²) in [5.41, 5.74) is 0.254. The summed E-state index contributed by atoms with van der Waals surface area (Å²) in [5, 5.41) is 3.55. The Hall–Kier alpha value is 0.230. The first-order valence-corrected chi connectivity index (χ1v) is 9.17. The highest BCUT2D eigenvalue weighted by molar-refractivity contribution is 7.99. The smallest absolute Gasteiger partial charge is 0.0713 e. The summed E-state index contributed by atoms with van der Waals surface area (Å²) in [7, 11) is 0. The topological polar surface area (TPSA) is 24.5 Å². The van der Waals surface area contributed by atoms with Crippen LogP contribution in [-0.4, -0.2) is 60.8 Å². The van der Waals surface area contributed by atoms with Gasteiger partial charge in [-0.15, -0.1) is 0 Å². The molecule has 0 aromatic heterocycles. The summed E-state index contributed by atoms with van der Waals surface area (Å²) in [5.74, 6) is 4.48. The van der Waals surface area contributed by atoms with Gasteiger partial charge in [0.25, 0.3) is 0 Å². The molecule has 0 bridgehead atoms. The number of nitrogens with zero attached hydrogens (tertiary/aromatic N) is 1. The van der Waals surface area contributed by atoms with E-state index in [9.17, 15) is 0 Å². The van der Waals surface area contributed by atoms with Gasteiger partial charge in [0.05, 0.1) is 5.60 Å². The minimum Gasteiger partial charge on any atom is -0.375 e. The summed E-state index contributed by atoms with van der Waals surface area (Å²) in [6, 6.07) is 0.808. The van der Waals surface area contributed by atoms with Gasteiger partial charge in [-0.25, -0.2) is 0 Å². The fourth-order valence-electron chi connectivity index (χ4n) is 4.60. The van der Waals surface area contributed by atoms with Crippen LogP contribution in [0.25, 0.3) is 0 Å². The maximum Gasteiger partial charge on any atom is 0.0713 e. The van der Waals surface area contributed by atoms with E-state index in [0.29, 0.717) is 0 Å². The third-order valence-corrected chi connectivity index (χ3v) is 6.79. The third-order valence-electron chi connectivity index (χ3n) is 5.81. The molecule has 1 N–H and O–H groups in total. The molecule has 19 heavy (non-hydrogen) atoms. The van der Waals surface area contributed by atoms with E-state index in [4.69, 9.17) is 4.74 Å². The maximum atomic E-state index is 6.24. The number of fused-ring (bicyclic) bond motifs is 1. The summed E-state index contributed by atoms with van der Waals surface area (Å²) in [6.45, 7) is 6.19. The van der Waals surface area contributed by atoms with Gasteiger partial charge in [-0.05, 0) is 62.1 Å². The zero-order valence-corrected chi connectivity index (χ0v) is 12.6. The second kappa shape index (κ2) is 5.21. The standard InChI is InChI=1S/C15H26N2OS/c1-4-18-15(2-5-19-6-3-15)7-14(1)17-10-12-8-16-9-13(12)11-17/h12-14,16H,1-11H2. The van der Waals surface area contributed by atoms with Crippen LogP contribution in [0.1, 0.15) is 25.7 Å². The highest BCUT2D eigenvalue weighted by atomic mass is 32.2. The lowest BCUT2D eigenvalue weighted by molar-refractivity contribution is -0.108. The average molecular weight is 282 g/mol. The Morgan fingerprint density at radius 2 is 1.84 bits per heavy atom. The van der Waals surface area contributed by atoms with Gasteiger partial charge in [-0.3, -0.25) is 4.90 Å². The van der Waals surface area contributed by atoms with Gasteiger partial charge in [-0.1, -0.05) is 0 Å². The number of ether oxygens (including phenoxy) is 1. The Morgan fingerprint density at radius 3 is 2.58 bits per heavy atom. The van der Waals surface area contributed by atoms with Gasteiger partial charge in [0.15, 0.2) is 0 Å². The summed E-state index contributed by atoms with van der Waals surface area (Å²) in [6.07, 6.45) is 5.15. The minimum atomic E-state index is 0.254. The fraction of sp³-hybridized carbons (Fsp3) is 1.00. The van der Waals surface area contributed by atoms with Crippen molar-refractivity contribution in [3.05, 3.63) is 0 Å². The Bertz CT molecular complexity index is 315. The number of thioether (sulfide) groups is 1. The van der Waals surface area contributed by atoms with Crippen molar-refractivity contribution < 1.29 is 4.74 Å². The van der Waals surface area contributed by atoms with Crippen molar-refractivity contribution in [3.8, 4) is 0 Å². The van der Waals surface area contributed by atoms with Crippen LogP contribution in [0.4, 0.5) is 0 Å². The molecule has 4 heteroatoms. The Morgan fingerprint density at radius 1 is 1.11 bits per heavy atom. The zero-order chi connectivity index (χ0) is 12.7. The van der Waals surface area contributed by atoms with E-state index in [1.807, 2.05) is 0 Å². The predicted octanol–water partition coefficient (Wildman–Crippen LogP) is 1.58. The van der Waals surface area contributed by atoms with E-state index in [-0.39, 0.29) is 5.60 Å².